The normalized spacial score (nSPS) is 13.6. The average molecular weight is 553 g/mol. The van der Waals surface area contributed by atoms with Gasteiger partial charge in [-0.2, -0.15) is 0 Å². The fourth-order valence-electron chi connectivity index (χ4n) is 5.07. The SMILES string of the molecule is COC(=O)c1cc(NC(=O)C2(c3ccccc3)CCC2)cc(C(=O)c2ccc(N(C)c3ccc(Cl)cc3)cc2)c1. The molecule has 1 fully saturated rings. The summed E-state index contributed by atoms with van der Waals surface area (Å²) in [6.45, 7) is 0. The van der Waals surface area contributed by atoms with Crippen molar-refractivity contribution in [1.82, 2.24) is 0 Å². The van der Waals surface area contributed by atoms with Crippen molar-refractivity contribution in [3.05, 3.63) is 124 Å². The van der Waals surface area contributed by atoms with Gasteiger partial charge in [-0.15, -0.1) is 0 Å². The minimum Gasteiger partial charge on any atom is -0.465 e. The Balaban J connectivity index is 1.41. The van der Waals surface area contributed by atoms with Crippen molar-refractivity contribution in [3.8, 4) is 0 Å². The summed E-state index contributed by atoms with van der Waals surface area (Å²) in [7, 11) is 3.21. The monoisotopic (exact) mass is 552 g/mol. The molecular weight excluding hydrogens is 524 g/mol. The van der Waals surface area contributed by atoms with Gasteiger partial charge < -0.3 is 15.0 Å². The lowest BCUT2D eigenvalue weighted by atomic mass is 9.64. The minimum absolute atomic E-state index is 0.153. The summed E-state index contributed by atoms with van der Waals surface area (Å²) in [5.74, 6) is -1.02. The van der Waals surface area contributed by atoms with E-state index in [2.05, 4.69) is 5.32 Å². The van der Waals surface area contributed by atoms with Crippen LogP contribution in [0.4, 0.5) is 17.1 Å². The van der Waals surface area contributed by atoms with E-state index in [-0.39, 0.29) is 22.8 Å². The number of nitrogens with one attached hydrogen (secondary N) is 1. The molecule has 7 heteroatoms. The van der Waals surface area contributed by atoms with E-state index in [4.69, 9.17) is 16.3 Å². The number of benzene rings is 4. The first-order chi connectivity index (χ1) is 19.3. The Morgan fingerprint density at radius 1 is 0.800 bits per heavy atom. The number of anilines is 3. The number of methoxy groups -OCH3 is 1. The predicted octanol–water partition coefficient (Wildman–Crippen LogP) is 7.19. The highest BCUT2D eigenvalue weighted by Crippen LogP contribution is 2.44. The number of amides is 1. The summed E-state index contributed by atoms with van der Waals surface area (Å²) in [4.78, 5) is 41.5. The van der Waals surface area contributed by atoms with Crippen LogP contribution in [0.15, 0.2) is 97.1 Å². The highest BCUT2D eigenvalue weighted by molar-refractivity contribution is 6.30. The zero-order valence-electron chi connectivity index (χ0n) is 22.3. The van der Waals surface area contributed by atoms with Gasteiger partial charge in [-0.25, -0.2) is 4.79 Å². The molecule has 6 nitrogen and oxygen atoms in total. The van der Waals surface area contributed by atoms with Crippen molar-refractivity contribution < 1.29 is 19.1 Å². The standard InChI is InChI=1S/C33H29ClN2O4/c1-36(29-15-11-26(34)12-16-29)28-13-9-22(10-14-28)30(37)23-19-24(31(38)40-2)21-27(20-23)35-32(39)33(17-6-18-33)25-7-4-3-5-8-25/h3-5,7-16,19-21H,6,17-18H2,1-2H3,(H,35,39). The molecule has 0 saturated heterocycles. The molecule has 1 saturated carbocycles. The number of carbonyl (C=O) groups excluding carboxylic acids is 3. The summed E-state index contributed by atoms with van der Waals surface area (Å²) >= 11 is 6.01. The first-order valence-corrected chi connectivity index (χ1v) is 13.4. The highest BCUT2D eigenvalue weighted by atomic mass is 35.5. The number of carbonyl (C=O) groups is 3. The minimum atomic E-state index is -0.626. The van der Waals surface area contributed by atoms with E-state index in [9.17, 15) is 14.4 Å². The Morgan fingerprint density at radius 3 is 1.98 bits per heavy atom. The van der Waals surface area contributed by atoms with Crippen LogP contribution in [0, 0.1) is 0 Å². The van der Waals surface area contributed by atoms with Crippen LogP contribution in [-0.2, 0) is 14.9 Å². The molecule has 1 N–H and O–H groups in total. The van der Waals surface area contributed by atoms with Crippen LogP contribution in [0.1, 0.15) is 51.1 Å². The molecule has 202 valence electrons. The van der Waals surface area contributed by atoms with Crippen LogP contribution >= 0.6 is 11.6 Å². The van der Waals surface area contributed by atoms with Gasteiger partial charge in [0.1, 0.15) is 0 Å². The van der Waals surface area contributed by atoms with E-state index in [1.165, 1.54) is 13.2 Å². The molecule has 4 aromatic carbocycles. The Labute approximate surface area is 238 Å². The number of nitrogens with zero attached hydrogens (tertiary/aromatic N) is 1. The van der Waals surface area contributed by atoms with Gasteiger partial charge in [-0.3, -0.25) is 9.59 Å². The lowest BCUT2D eigenvalue weighted by Gasteiger charge is -2.40. The van der Waals surface area contributed by atoms with E-state index in [1.54, 1.807) is 24.3 Å². The molecule has 0 aromatic heterocycles. The van der Waals surface area contributed by atoms with Gasteiger partial charge in [0.15, 0.2) is 5.78 Å². The molecule has 0 aliphatic heterocycles. The maximum Gasteiger partial charge on any atom is 0.337 e. The number of rotatable bonds is 8. The summed E-state index contributed by atoms with van der Waals surface area (Å²) < 4.78 is 4.92. The molecule has 4 aromatic rings. The van der Waals surface area contributed by atoms with Gasteiger partial charge in [0, 0.05) is 40.3 Å². The fraction of sp³-hybridized carbons (Fsp3) is 0.182. The maximum atomic E-state index is 13.5. The van der Waals surface area contributed by atoms with Crippen molar-refractivity contribution >= 4 is 46.3 Å². The van der Waals surface area contributed by atoms with E-state index < -0.39 is 11.4 Å². The molecule has 0 atom stereocenters. The Hall–Kier alpha value is -4.42. The zero-order chi connectivity index (χ0) is 28.3. The lowest BCUT2D eigenvalue weighted by molar-refractivity contribution is -0.124. The van der Waals surface area contributed by atoms with E-state index in [0.717, 1.165) is 36.2 Å². The largest absolute Gasteiger partial charge is 0.465 e. The first kappa shape index (κ1) is 27.2. The Bertz CT molecular complexity index is 1550. The predicted molar refractivity (Wildman–Crippen MR) is 158 cm³/mol. The summed E-state index contributed by atoms with van der Waals surface area (Å²) in [5, 5.41) is 3.64. The molecule has 0 bridgehead atoms. The second-order valence-corrected chi connectivity index (χ2v) is 10.4. The summed E-state index contributed by atoms with van der Waals surface area (Å²) in [5.41, 5.74) is 3.46. The van der Waals surface area contributed by atoms with Crippen LogP contribution in [-0.4, -0.2) is 31.8 Å². The van der Waals surface area contributed by atoms with Gasteiger partial charge in [-0.05, 0) is 85.1 Å². The van der Waals surface area contributed by atoms with Gasteiger partial charge in [0.25, 0.3) is 0 Å². The van der Waals surface area contributed by atoms with Crippen LogP contribution in [0.25, 0.3) is 0 Å². The average Bonchev–Trinajstić information content (AvgIpc) is 2.96. The van der Waals surface area contributed by atoms with Crippen LogP contribution in [0.5, 0.6) is 0 Å². The van der Waals surface area contributed by atoms with Gasteiger partial charge in [-0.1, -0.05) is 48.4 Å². The van der Waals surface area contributed by atoms with E-state index in [0.29, 0.717) is 16.3 Å². The fourth-order valence-corrected chi connectivity index (χ4v) is 5.19. The first-order valence-electron chi connectivity index (χ1n) is 13.1. The number of esters is 1. The molecule has 1 aliphatic rings. The third-order valence-corrected chi connectivity index (χ3v) is 7.82. The third-order valence-electron chi connectivity index (χ3n) is 7.57. The second-order valence-electron chi connectivity index (χ2n) is 9.96. The Morgan fingerprint density at radius 2 is 1.40 bits per heavy atom. The van der Waals surface area contributed by atoms with Gasteiger partial charge in [0.05, 0.1) is 18.1 Å². The van der Waals surface area contributed by atoms with Crippen molar-refractivity contribution in [2.75, 3.05) is 24.4 Å². The molecular formula is C33H29ClN2O4. The van der Waals surface area contributed by atoms with Crippen LogP contribution in [0.3, 0.4) is 0 Å². The molecule has 0 radical (unpaired) electrons. The van der Waals surface area contributed by atoms with Crippen LogP contribution < -0.4 is 10.2 Å². The number of ketones is 1. The van der Waals surface area contributed by atoms with Gasteiger partial charge >= 0.3 is 5.97 Å². The molecule has 0 heterocycles. The molecule has 5 rings (SSSR count). The van der Waals surface area contributed by atoms with Crippen molar-refractivity contribution in [3.63, 3.8) is 0 Å². The number of hydrogen-bond donors (Lipinski definition) is 1. The third kappa shape index (κ3) is 5.36. The van der Waals surface area contributed by atoms with Crippen LogP contribution in [0.2, 0.25) is 5.02 Å². The van der Waals surface area contributed by atoms with Crippen molar-refractivity contribution in [2.24, 2.45) is 0 Å². The van der Waals surface area contributed by atoms with E-state index in [1.807, 2.05) is 78.7 Å². The lowest BCUT2D eigenvalue weighted by Crippen LogP contribution is -2.46. The van der Waals surface area contributed by atoms with Gasteiger partial charge in [0.2, 0.25) is 5.91 Å². The van der Waals surface area contributed by atoms with Crippen molar-refractivity contribution in [1.29, 1.82) is 0 Å². The number of halogens is 1. The summed E-state index contributed by atoms with van der Waals surface area (Å²) in [6, 6.07) is 29.0. The smallest absolute Gasteiger partial charge is 0.337 e. The van der Waals surface area contributed by atoms with E-state index >= 15 is 0 Å². The molecule has 1 aliphatic carbocycles. The topological polar surface area (TPSA) is 75.7 Å². The molecule has 0 unspecified atom stereocenters. The zero-order valence-corrected chi connectivity index (χ0v) is 23.1. The molecule has 0 spiro atoms. The maximum absolute atomic E-state index is 13.5. The molecule has 40 heavy (non-hydrogen) atoms. The number of ether oxygens (including phenoxy) is 1. The summed E-state index contributed by atoms with van der Waals surface area (Å²) in [6.07, 6.45) is 2.43. The number of hydrogen-bond acceptors (Lipinski definition) is 5. The highest BCUT2D eigenvalue weighted by Gasteiger charge is 2.45. The van der Waals surface area contributed by atoms with Crippen molar-refractivity contribution in [2.45, 2.75) is 24.7 Å². The Kier molecular flexibility index (Phi) is 7.71. The second kappa shape index (κ2) is 11.4. The molecule has 1 amide bonds. The quantitative estimate of drug-likeness (QED) is 0.185.